The molecule has 0 aliphatic carbocycles. The Morgan fingerprint density at radius 2 is 2.04 bits per heavy atom. The van der Waals surface area contributed by atoms with E-state index >= 15 is 0 Å². The fourth-order valence-corrected chi connectivity index (χ4v) is 3.81. The highest BCUT2D eigenvalue weighted by atomic mass is 19.1. The Morgan fingerprint density at radius 1 is 1.23 bits per heavy atom. The summed E-state index contributed by atoms with van der Waals surface area (Å²) in [5, 5.41) is 5.25. The first-order chi connectivity index (χ1) is 12.5. The van der Waals surface area contributed by atoms with Gasteiger partial charge in [0.05, 0.1) is 11.0 Å². The molecule has 2 amide bonds. The molecule has 1 aromatic carbocycles. The van der Waals surface area contributed by atoms with Crippen LogP contribution in [0.5, 0.6) is 0 Å². The van der Waals surface area contributed by atoms with Gasteiger partial charge >= 0.3 is 5.69 Å². The zero-order valence-corrected chi connectivity index (χ0v) is 14.3. The van der Waals surface area contributed by atoms with Gasteiger partial charge in [-0.2, -0.15) is 0 Å². The first-order valence-corrected chi connectivity index (χ1v) is 8.58. The molecule has 2 N–H and O–H groups in total. The van der Waals surface area contributed by atoms with Crippen molar-refractivity contribution in [3.63, 3.8) is 0 Å². The van der Waals surface area contributed by atoms with Gasteiger partial charge < -0.3 is 5.32 Å². The Balaban J connectivity index is 1.92. The number of halogens is 1. The molecule has 2 atom stereocenters. The zero-order chi connectivity index (χ0) is 18.4. The maximum Gasteiger partial charge on any atom is 0.329 e. The fraction of sp³-hybridized carbons (Fsp3) is 0.389. The Hall–Kier alpha value is -2.74. The molecule has 0 radical (unpaired) electrons. The van der Waals surface area contributed by atoms with Gasteiger partial charge in [0.2, 0.25) is 11.8 Å². The SMILES string of the molecule is Cn1c(=O)n(C2CCC(=O)NC2=O)c2cccc(C3=CCNCC3F)c21. The number of carbonyl (C=O) groups excluding carboxylic acids is 2. The number of imide groups is 1. The lowest BCUT2D eigenvalue weighted by Crippen LogP contribution is -2.44. The molecule has 26 heavy (non-hydrogen) atoms. The first kappa shape index (κ1) is 16.7. The number of nitrogens with zero attached hydrogens (tertiary/aromatic N) is 2. The van der Waals surface area contributed by atoms with Crippen molar-refractivity contribution in [1.82, 2.24) is 19.8 Å². The van der Waals surface area contributed by atoms with Crippen molar-refractivity contribution in [2.45, 2.75) is 25.1 Å². The molecule has 0 spiro atoms. The number of amides is 2. The number of para-hydroxylation sites is 1. The van der Waals surface area contributed by atoms with Gasteiger partial charge in [-0.1, -0.05) is 18.2 Å². The summed E-state index contributed by atoms with van der Waals surface area (Å²) in [4.78, 5) is 36.6. The largest absolute Gasteiger partial charge is 0.329 e. The summed E-state index contributed by atoms with van der Waals surface area (Å²) >= 11 is 0. The summed E-state index contributed by atoms with van der Waals surface area (Å²) in [6.45, 7) is 0.790. The van der Waals surface area contributed by atoms with Crippen LogP contribution >= 0.6 is 0 Å². The number of aromatic nitrogens is 2. The van der Waals surface area contributed by atoms with E-state index in [1.54, 1.807) is 31.3 Å². The molecule has 1 fully saturated rings. The first-order valence-electron chi connectivity index (χ1n) is 8.58. The van der Waals surface area contributed by atoms with E-state index in [9.17, 15) is 18.8 Å². The maximum atomic E-state index is 14.4. The van der Waals surface area contributed by atoms with E-state index in [0.717, 1.165) is 0 Å². The lowest BCUT2D eigenvalue weighted by atomic mass is 9.97. The molecule has 4 rings (SSSR count). The Bertz CT molecular complexity index is 1000. The number of piperidine rings is 1. The molecule has 7 nitrogen and oxygen atoms in total. The number of imidazole rings is 1. The van der Waals surface area contributed by atoms with Crippen molar-refractivity contribution in [2.75, 3.05) is 13.1 Å². The molecule has 3 heterocycles. The van der Waals surface area contributed by atoms with Crippen LogP contribution in [-0.4, -0.2) is 40.2 Å². The predicted molar refractivity (Wildman–Crippen MR) is 94.3 cm³/mol. The van der Waals surface area contributed by atoms with Gasteiger partial charge in [0.15, 0.2) is 0 Å². The van der Waals surface area contributed by atoms with Crippen LogP contribution in [0, 0.1) is 0 Å². The number of aryl methyl sites for hydroxylation is 1. The summed E-state index contributed by atoms with van der Waals surface area (Å²) in [6.07, 6.45) is 1.08. The van der Waals surface area contributed by atoms with E-state index < -0.39 is 18.1 Å². The lowest BCUT2D eigenvalue weighted by molar-refractivity contribution is -0.135. The van der Waals surface area contributed by atoms with Crippen LogP contribution < -0.4 is 16.3 Å². The van der Waals surface area contributed by atoms with Crippen molar-refractivity contribution in [3.8, 4) is 0 Å². The van der Waals surface area contributed by atoms with Gasteiger partial charge in [0, 0.05) is 32.1 Å². The molecular weight excluding hydrogens is 339 g/mol. The van der Waals surface area contributed by atoms with Gasteiger partial charge in [-0.25, -0.2) is 9.18 Å². The quantitative estimate of drug-likeness (QED) is 0.772. The minimum absolute atomic E-state index is 0.183. The molecule has 2 aliphatic heterocycles. The molecular formula is C18H19FN4O3. The molecule has 1 aromatic heterocycles. The number of alkyl halides is 1. The number of nitrogens with one attached hydrogen (secondary N) is 2. The maximum absolute atomic E-state index is 14.4. The van der Waals surface area contributed by atoms with Crippen molar-refractivity contribution in [3.05, 3.63) is 40.3 Å². The topological polar surface area (TPSA) is 85.1 Å². The third kappa shape index (κ3) is 2.48. The van der Waals surface area contributed by atoms with E-state index in [2.05, 4.69) is 10.6 Å². The molecule has 1 saturated heterocycles. The summed E-state index contributed by atoms with van der Waals surface area (Å²) in [6, 6.07) is 4.55. The van der Waals surface area contributed by atoms with Gasteiger partial charge in [0.1, 0.15) is 12.2 Å². The van der Waals surface area contributed by atoms with Crippen LogP contribution in [0.1, 0.15) is 24.4 Å². The molecule has 0 bridgehead atoms. The van der Waals surface area contributed by atoms with Gasteiger partial charge in [-0.15, -0.1) is 0 Å². The fourth-order valence-electron chi connectivity index (χ4n) is 3.81. The number of carbonyl (C=O) groups is 2. The zero-order valence-electron chi connectivity index (χ0n) is 14.3. The van der Waals surface area contributed by atoms with E-state index in [-0.39, 0.29) is 31.0 Å². The summed E-state index contributed by atoms with van der Waals surface area (Å²) in [5.74, 6) is -0.814. The van der Waals surface area contributed by atoms with Gasteiger partial charge in [-0.3, -0.25) is 24.0 Å². The Kier molecular flexibility index (Phi) is 3.99. The predicted octanol–water partition coefficient (Wildman–Crippen LogP) is 0.642. The lowest BCUT2D eigenvalue weighted by Gasteiger charge is -2.22. The molecule has 2 aromatic rings. The third-order valence-corrected chi connectivity index (χ3v) is 5.06. The highest BCUT2D eigenvalue weighted by Gasteiger charge is 2.32. The number of hydrogen-bond donors (Lipinski definition) is 2. The highest BCUT2D eigenvalue weighted by molar-refractivity contribution is 6.00. The minimum Gasteiger partial charge on any atom is -0.310 e. The van der Waals surface area contributed by atoms with Gasteiger partial charge in [0.25, 0.3) is 0 Å². The van der Waals surface area contributed by atoms with Crippen molar-refractivity contribution in [1.29, 1.82) is 0 Å². The monoisotopic (exact) mass is 358 g/mol. The third-order valence-electron chi connectivity index (χ3n) is 5.06. The summed E-state index contributed by atoms with van der Waals surface area (Å²) in [5.41, 5.74) is 2.01. The smallest absolute Gasteiger partial charge is 0.310 e. The minimum atomic E-state index is -1.16. The molecule has 2 aliphatic rings. The summed E-state index contributed by atoms with van der Waals surface area (Å²) in [7, 11) is 1.62. The van der Waals surface area contributed by atoms with Crippen LogP contribution in [0.4, 0.5) is 4.39 Å². The van der Waals surface area contributed by atoms with E-state index in [1.165, 1.54) is 9.13 Å². The Morgan fingerprint density at radius 3 is 2.77 bits per heavy atom. The summed E-state index contributed by atoms with van der Waals surface area (Å²) < 4.78 is 17.3. The van der Waals surface area contributed by atoms with Crippen molar-refractivity contribution < 1.29 is 14.0 Å². The van der Waals surface area contributed by atoms with E-state index in [1.807, 2.05) is 0 Å². The van der Waals surface area contributed by atoms with Crippen molar-refractivity contribution in [2.24, 2.45) is 7.05 Å². The second-order valence-electron chi connectivity index (χ2n) is 6.64. The number of hydrogen-bond acceptors (Lipinski definition) is 4. The average molecular weight is 358 g/mol. The molecule has 136 valence electrons. The van der Waals surface area contributed by atoms with Gasteiger partial charge in [-0.05, 0) is 18.1 Å². The molecule has 8 heteroatoms. The molecule has 2 unspecified atom stereocenters. The van der Waals surface area contributed by atoms with E-state index in [0.29, 0.717) is 28.7 Å². The van der Waals surface area contributed by atoms with Crippen LogP contribution in [0.2, 0.25) is 0 Å². The number of rotatable bonds is 2. The van der Waals surface area contributed by atoms with E-state index in [4.69, 9.17) is 0 Å². The normalized spacial score (nSPS) is 23.8. The van der Waals surface area contributed by atoms with Crippen LogP contribution in [0.3, 0.4) is 0 Å². The second-order valence-corrected chi connectivity index (χ2v) is 6.64. The molecule has 0 saturated carbocycles. The second kappa shape index (κ2) is 6.21. The van der Waals surface area contributed by atoms with Crippen molar-refractivity contribution >= 4 is 28.4 Å². The van der Waals surface area contributed by atoms with Crippen LogP contribution in [0.25, 0.3) is 16.6 Å². The average Bonchev–Trinajstić information content (AvgIpc) is 2.87. The number of benzene rings is 1. The van der Waals surface area contributed by atoms with Crippen LogP contribution in [0.15, 0.2) is 29.1 Å². The highest BCUT2D eigenvalue weighted by Crippen LogP contribution is 2.31. The Labute approximate surface area is 148 Å². The standard InChI is InChI=1S/C18H19FN4O3/c1-22-16-11(10-7-8-20-9-12(10)19)3-2-4-13(16)23(18(22)26)14-5-6-15(24)21-17(14)25/h2-4,7,12,14,20H,5-6,8-9H2,1H3,(H,21,24,25). The van der Waals surface area contributed by atoms with Crippen LogP contribution in [-0.2, 0) is 16.6 Å². The number of fused-ring (bicyclic) bond motifs is 1.